The van der Waals surface area contributed by atoms with Crippen LogP contribution in [0.5, 0.6) is 5.75 Å². The highest BCUT2D eigenvalue weighted by atomic mass is 16.6. The molecule has 1 atom stereocenters. The lowest BCUT2D eigenvalue weighted by molar-refractivity contribution is -0.154. The zero-order chi connectivity index (χ0) is 17.4. The Labute approximate surface area is 135 Å². The van der Waals surface area contributed by atoms with Crippen LogP contribution in [0.15, 0.2) is 24.3 Å². The molecule has 0 aliphatic carbocycles. The number of hydrogen-bond acceptors (Lipinski definition) is 5. The molecule has 7 heteroatoms. The van der Waals surface area contributed by atoms with Crippen molar-refractivity contribution >= 4 is 17.9 Å². The molecule has 0 fully saturated rings. The maximum atomic E-state index is 11.8. The Balaban J connectivity index is 2.37. The summed E-state index contributed by atoms with van der Waals surface area (Å²) in [5, 5.41) is 4.54. The van der Waals surface area contributed by atoms with Crippen LogP contribution in [0.25, 0.3) is 0 Å². The third-order valence-corrected chi connectivity index (χ3v) is 2.65. The second-order valence-corrected chi connectivity index (χ2v) is 5.36. The zero-order valence-electron chi connectivity index (χ0n) is 13.7. The molecular weight excluding hydrogens is 300 g/mol. The zero-order valence-corrected chi connectivity index (χ0v) is 13.7. The van der Waals surface area contributed by atoms with Crippen molar-refractivity contribution in [2.45, 2.75) is 39.8 Å². The monoisotopic (exact) mass is 322 g/mol. The highest BCUT2D eigenvalue weighted by Crippen LogP contribution is 2.14. The minimum Gasteiger partial charge on any atom is -0.479 e. The van der Waals surface area contributed by atoms with Crippen LogP contribution in [-0.4, -0.2) is 36.7 Å². The van der Waals surface area contributed by atoms with E-state index >= 15 is 0 Å². The molecule has 23 heavy (non-hydrogen) atoms. The van der Waals surface area contributed by atoms with Crippen molar-refractivity contribution in [2.75, 3.05) is 6.61 Å². The van der Waals surface area contributed by atoms with Gasteiger partial charge in [-0.2, -0.15) is 0 Å². The number of carbonyl (C=O) groups is 3. The first kappa shape index (κ1) is 18.5. The van der Waals surface area contributed by atoms with Crippen LogP contribution in [0, 0.1) is 6.92 Å². The van der Waals surface area contributed by atoms with Crippen LogP contribution in [0.3, 0.4) is 0 Å². The largest absolute Gasteiger partial charge is 0.479 e. The van der Waals surface area contributed by atoms with Gasteiger partial charge >= 0.3 is 12.0 Å². The van der Waals surface area contributed by atoms with Gasteiger partial charge in [0.25, 0.3) is 5.91 Å². The molecule has 0 aliphatic rings. The fraction of sp³-hybridized carbons (Fsp3) is 0.438. The molecule has 126 valence electrons. The van der Waals surface area contributed by atoms with E-state index in [1.165, 1.54) is 6.92 Å². The number of aryl methyl sites for hydroxylation is 1. The third-order valence-electron chi connectivity index (χ3n) is 2.65. The SMILES string of the molecule is Cc1cccc(O[C@@H](C)C(=O)OCC(=O)NC(=O)NC(C)C)c1. The molecule has 2 N–H and O–H groups in total. The van der Waals surface area contributed by atoms with Crippen LogP contribution in [0.2, 0.25) is 0 Å². The van der Waals surface area contributed by atoms with E-state index in [-0.39, 0.29) is 6.04 Å². The Morgan fingerprint density at radius 3 is 2.48 bits per heavy atom. The molecular formula is C16H22N2O5. The fourth-order valence-electron chi connectivity index (χ4n) is 1.66. The van der Waals surface area contributed by atoms with E-state index in [0.717, 1.165) is 5.56 Å². The summed E-state index contributed by atoms with van der Waals surface area (Å²) in [7, 11) is 0. The molecule has 3 amide bonds. The van der Waals surface area contributed by atoms with Crippen molar-refractivity contribution in [3.8, 4) is 5.75 Å². The molecule has 1 rings (SSSR count). The topological polar surface area (TPSA) is 93.7 Å². The Kier molecular flexibility index (Phi) is 7.05. The Hall–Kier alpha value is -2.57. The molecule has 0 unspecified atom stereocenters. The van der Waals surface area contributed by atoms with Gasteiger partial charge in [0, 0.05) is 6.04 Å². The number of nitrogens with one attached hydrogen (secondary N) is 2. The number of rotatable bonds is 6. The summed E-state index contributed by atoms with van der Waals surface area (Å²) in [4.78, 5) is 34.6. The van der Waals surface area contributed by atoms with Crippen molar-refractivity contribution in [2.24, 2.45) is 0 Å². The summed E-state index contributed by atoms with van der Waals surface area (Å²) in [6.45, 7) is 6.39. The highest BCUT2D eigenvalue weighted by molar-refractivity contribution is 5.95. The summed E-state index contributed by atoms with van der Waals surface area (Å²) < 4.78 is 10.3. The van der Waals surface area contributed by atoms with Crippen molar-refractivity contribution in [1.29, 1.82) is 0 Å². The number of amides is 3. The van der Waals surface area contributed by atoms with Crippen LogP contribution in [0.4, 0.5) is 4.79 Å². The van der Waals surface area contributed by atoms with Crippen molar-refractivity contribution in [1.82, 2.24) is 10.6 Å². The summed E-state index contributed by atoms with van der Waals surface area (Å²) in [6, 6.07) is 6.48. The standard InChI is InChI=1S/C16H22N2O5/c1-10(2)17-16(21)18-14(19)9-22-15(20)12(4)23-13-7-5-6-11(3)8-13/h5-8,10,12H,9H2,1-4H3,(H2,17,18,19,21)/t12-/m0/s1. The van der Waals surface area contributed by atoms with Gasteiger partial charge in [-0.25, -0.2) is 9.59 Å². The second kappa shape index (κ2) is 8.77. The summed E-state index contributed by atoms with van der Waals surface area (Å²) >= 11 is 0. The lowest BCUT2D eigenvalue weighted by atomic mass is 10.2. The van der Waals surface area contributed by atoms with Crippen LogP contribution >= 0.6 is 0 Å². The van der Waals surface area contributed by atoms with Gasteiger partial charge in [0.15, 0.2) is 12.7 Å². The van der Waals surface area contributed by atoms with E-state index in [0.29, 0.717) is 5.75 Å². The van der Waals surface area contributed by atoms with E-state index in [1.807, 2.05) is 19.1 Å². The van der Waals surface area contributed by atoms with Crippen LogP contribution in [-0.2, 0) is 14.3 Å². The van der Waals surface area contributed by atoms with E-state index in [4.69, 9.17) is 9.47 Å². The third kappa shape index (κ3) is 7.30. The predicted octanol–water partition coefficient (Wildman–Crippen LogP) is 1.54. The van der Waals surface area contributed by atoms with Gasteiger partial charge in [-0.1, -0.05) is 12.1 Å². The maximum Gasteiger partial charge on any atom is 0.347 e. The lowest BCUT2D eigenvalue weighted by Crippen LogP contribution is -2.44. The quantitative estimate of drug-likeness (QED) is 0.775. The van der Waals surface area contributed by atoms with Crippen LogP contribution < -0.4 is 15.4 Å². The summed E-state index contributed by atoms with van der Waals surface area (Å²) in [6.07, 6.45) is -0.867. The van der Waals surface area contributed by atoms with Crippen molar-refractivity contribution in [3.63, 3.8) is 0 Å². The Bertz CT molecular complexity index is 571. The van der Waals surface area contributed by atoms with E-state index in [2.05, 4.69) is 10.6 Å². The number of esters is 1. The van der Waals surface area contributed by atoms with E-state index in [9.17, 15) is 14.4 Å². The van der Waals surface area contributed by atoms with Crippen molar-refractivity contribution < 1.29 is 23.9 Å². The van der Waals surface area contributed by atoms with Gasteiger partial charge in [0.05, 0.1) is 0 Å². The maximum absolute atomic E-state index is 11.8. The van der Waals surface area contributed by atoms with Gasteiger partial charge in [-0.05, 0) is 45.4 Å². The Morgan fingerprint density at radius 2 is 1.87 bits per heavy atom. The van der Waals surface area contributed by atoms with Gasteiger partial charge in [0.1, 0.15) is 5.75 Å². The number of ether oxygens (including phenoxy) is 2. The average molecular weight is 322 g/mol. The molecule has 1 aromatic carbocycles. The predicted molar refractivity (Wildman–Crippen MR) is 84.0 cm³/mol. The first-order valence-electron chi connectivity index (χ1n) is 7.28. The second-order valence-electron chi connectivity index (χ2n) is 5.36. The van der Waals surface area contributed by atoms with Crippen molar-refractivity contribution in [3.05, 3.63) is 29.8 Å². The van der Waals surface area contributed by atoms with Gasteiger partial charge < -0.3 is 14.8 Å². The van der Waals surface area contributed by atoms with Gasteiger partial charge in [-0.15, -0.1) is 0 Å². The molecule has 0 bridgehead atoms. The minimum absolute atomic E-state index is 0.104. The molecule has 7 nitrogen and oxygen atoms in total. The first-order valence-corrected chi connectivity index (χ1v) is 7.28. The summed E-state index contributed by atoms with van der Waals surface area (Å²) in [5.74, 6) is -0.861. The molecule has 0 heterocycles. The average Bonchev–Trinajstić information content (AvgIpc) is 2.43. The van der Waals surface area contributed by atoms with Crippen LogP contribution in [0.1, 0.15) is 26.3 Å². The summed E-state index contributed by atoms with van der Waals surface area (Å²) in [5.41, 5.74) is 0.999. The first-order chi connectivity index (χ1) is 10.8. The Morgan fingerprint density at radius 1 is 1.17 bits per heavy atom. The number of imide groups is 1. The number of hydrogen-bond donors (Lipinski definition) is 2. The molecule has 0 aromatic heterocycles. The molecule has 0 aliphatic heterocycles. The molecule has 0 spiro atoms. The fourth-order valence-corrected chi connectivity index (χ4v) is 1.66. The molecule has 0 radical (unpaired) electrons. The minimum atomic E-state index is -0.867. The van der Waals surface area contributed by atoms with E-state index in [1.54, 1.807) is 26.0 Å². The molecule has 0 saturated carbocycles. The molecule has 1 aromatic rings. The lowest BCUT2D eigenvalue weighted by Gasteiger charge is -2.14. The number of carbonyl (C=O) groups excluding carboxylic acids is 3. The highest BCUT2D eigenvalue weighted by Gasteiger charge is 2.18. The normalized spacial score (nSPS) is 11.5. The smallest absolute Gasteiger partial charge is 0.347 e. The number of urea groups is 1. The molecule has 0 saturated heterocycles. The van der Waals surface area contributed by atoms with Gasteiger partial charge in [-0.3, -0.25) is 10.1 Å². The van der Waals surface area contributed by atoms with E-state index < -0.39 is 30.6 Å². The number of benzene rings is 1. The van der Waals surface area contributed by atoms with Gasteiger partial charge in [0.2, 0.25) is 0 Å².